The van der Waals surface area contributed by atoms with Crippen LogP contribution in [0.2, 0.25) is 0 Å². The van der Waals surface area contributed by atoms with Crippen molar-refractivity contribution in [2.75, 3.05) is 0 Å². The van der Waals surface area contributed by atoms with Gasteiger partial charge in [-0.1, -0.05) is 6.07 Å². The van der Waals surface area contributed by atoms with Gasteiger partial charge in [-0.15, -0.1) is 0 Å². The van der Waals surface area contributed by atoms with Crippen LogP contribution in [0.3, 0.4) is 0 Å². The summed E-state index contributed by atoms with van der Waals surface area (Å²) in [4.78, 5) is 21.0. The summed E-state index contributed by atoms with van der Waals surface area (Å²) in [5.41, 5.74) is 5.18. The lowest BCUT2D eigenvalue weighted by atomic mass is 10.1. The summed E-state index contributed by atoms with van der Waals surface area (Å²) in [7, 11) is 0. The lowest BCUT2D eigenvalue weighted by Gasteiger charge is -2.00. The van der Waals surface area contributed by atoms with Crippen molar-refractivity contribution in [3.63, 3.8) is 0 Å². The van der Waals surface area contributed by atoms with Crippen molar-refractivity contribution < 1.29 is 19.8 Å². The number of aromatic carboxylic acids is 1. The summed E-state index contributed by atoms with van der Waals surface area (Å²) in [6.07, 6.45) is 2.50. The van der Waals surface area contributed by atoms with Gasteiger partial charge in [0.15, 0.2) is 0 Å². The van der Waals surface area contributed by atoms with E-state index in [1.165, 1.54) is 24.3 Å². The molecule has 1 aromatic carbocycles. The highest BCUT2D eigenvalue weighted by Gasteiger charge is 2.08. The van der Waals surface area contributed by atoms with Crippen LogP contribution in [0.15, 0.2) is 24.3 Å². The molecule has 15 heavy (non-hydrogen) atoms. The summed E-state index contributed by atoms with van der Waals surface area (Å²) >= 11 is 0. The molecule has 0 fully saturated rings. The van der Waals surface area contributed by atoms with Gasteiger partial charge in [0, 0.05) is 6.08 Å². The molecule has 0 aliphatic rings. The van der Waals surface area contributed by atoms with E-state index in [2.05, 4.69) is 0 Å². The minimum Gasteiger partial charge on any atom is -0.507 e. The van der Waals surface area contributed by atoms with E-state index in [1.54, 1.807) is 0 Å². The third-order valence-electron chi connectivity index (χ3n) is 1.69. The fourth-order valence-corrected chi connectivity index (χ4v) is 1.01. The Labute approximate surface area is 85.5 Å². The smallest absolute Gasteiger partial charge is 0.339 e. The molecule has 4 N–H and O–H groups in total. The lowest BCUT2D eigenvalue weighted by Crippen LogP contribution is -2.05. The van der Waals surface area contributed by atoms with Crippen molar-refractivity contribution in [1.82, 2.24) is 0 Å². The number of carboxylic acids is 1. The average Bonchev–Trinajstić information content (AvgIpc) is 2.14. The van der Waals surface area contributed by atoms with Gasteiger partial charge < -0.3 is 15.9 Å². The molecule has 0 bridgehead atoms. The normalized spacial score (nSPS) is 10.4. The Balaban J connectivity index is 3.01. The molecule has 5 heteroatoms. The van der Waals surface area contributed by atoms with Crippen LogP contribution in [0.1, 0.15) is 15.9 Å². The van der Waals surface area contributed by atoms with Gasteiger partial charge >= 0.3 is 5.97 Å². The molecule has 1 rings (SSSR count). The molecular formula is C10H9NO4. The Bertz CT molecular complexity index is 437. The van der Waals surface area contributed by atoms with Gasteiger partial charge in [-0.3, -0.25) is 4.79 Å². The molecule has 0 saturated carbocycles. The molecule has 0 heterocycles. The molecule has 0 atom stereocenters. The molecule has 0 unspecified atom stereocenters. The Hall–Kier alpha value is -2.30. The predicted molar refractivity (Wildman–Crippen MR) is 53.3 cm³/mol. The number of carboxylic acid groups (broad SMARTS) is 1. The summed E-state index contributed by atoms with van der Waals surface area (Å²) in [5, 5.41) is 17.9. The van der Waals surface area contributed by atoms with E-state index in [-0.39, 0.29) is 11.3 Å². The van der Waals surface area contributed by atoms with E-state index >= 15 is 0 Å². The first kappa shape index (κ1) is 10.8. The third-order valence-corrected chi connectivity index (χ3v) is 1.69. The largest absolute Gasteiger partial charge is 0.507 e. The SMILES string of the molecule is NC(=O)C=Cc1ccc(C(=O)O)c(O)c1. The molecule has 0 aromatic heterocycles. The topological polar surface area (TPSA) is 101 Å². The molecule has 78 valence electrons. The third kappa shape index (κ3) is 2.84. The highest BCUT2D eigenvalue weighted by molar-refractivity contribution is 5.92. The Morgan fingerprint density at radius 2 is 2.00 bits per heavy atom. The fourth-order valence-electron chi connectivity index (χ4n) is 1.01. The lowest BCUT2D eigenvalue weighted by molar-refractivity contribution is -0.113. The number of phenols is 1. The number of carbonyl (C=O) groups excluding carboxylic acids is 1. The molecule has 0 aliphatic heterocycles. The number of nitrogens with two attached hydrogens (primary N) is 1. The van der Waals surface area contributed by atoms with Crippen LogP contribution in [0.4, 0.5) is 0 Å². The van der Waals surface area contributed by atoms with Crippen molar-refractivity contribution in [3.05, 3.63) is 35.4 Å². The summed E-state index contributed by atoms with van der Waals surface area (Å²) in [5.74, 6) is -2.18. The maximum atomic E-state index is 10.5. The number of amides is 1. The molecule has 5 nitrogen and oxygen atoms in total. The number of carbonyl (C=O) groups is 2. The maximum absolute atomic E-state index is 10.5. The second kappa shape index (κ2) is 4.28. The minimum absolute atomic E-state index is 0.189. The first-order valence-corrected chi connectivity index (χ1v) is 4.04. The van der Waals surface area contributed by atoms with Gasteiger partial charge in [-0.25, -0.2) is 4.79 Å². The fraction of sp³-hybridized carbons (Fsp3) is 0. The Morgan fingerprint density at radius 3 is 2.47 bits per heavy atom. The van der Waals surface area contributed by atoms with Gasteiger partial charge in [-0.2, -0.15) is 0 Å². The molecule has 0 spiro atoms. The van der Waals surface area contributed by atoms with Gasteiger partial charge in [0.25, 0.3) is 0 Å². The minimum atomic E-state index is -1.21. The second-order valence-electron chi connectivity index (χ2n) is 2.82. The Morgan fingerprint density at radius 1 is 1.33 bits per heavy atom. The van der Waals surface area contributed by atoms with Crippen molar-refractivity contribution in [2.45, 2.75) is 0 Å². The van der Waals surface area contributed by atoms with Crippen LogP contribution in [-0.2, 0) is 4.79 Å². The van der Waals surface area contributed by atoms with Crippen LogP contribution in [-0.4, -0.2) is 22.1 Å². The number of aromatic hydroxyl groups is 1. The molecular weight excluding hydrogens is 198 g/mol. The molecule has 1 amide bonds. The summed E-state index contributed by atoms with van der Waals surface area (Å²) < 4.78 is 0. The van der Waals surface area contributed by atoms with E-state index in [9.17, 15) is 14.7 Å². The number of hydrogen-bond acceptors (Lipinski definition) is 3. The van der Waals surface area contributed by atoms with E-state index in [0.29, 0.717) is 5.56 Å². The average molecular weight is 207 g/mol. The van der Waals surface area contributed by atoms with Crippen molar-refractivity contribution in [2.24, 2.45) is 5.73 Å². The van der Waals surface area contributed by atoms with Crippen LogP contribution < -0.4 is 5.73 Å². The van der Waals surface area contributed by atoms with Crippen LogP contribution >= 0.6 is 0 Å². The van der Waals surface area contributed by atoms with Gasteiger partial charge in [0.2, 0.25) is 5.91 Å². The van der Waals surface area contributed by atoms with E-state index in [4.69, 9.17) is 10.8 Å². The predicted octanol–water partition coefficient (Wildman–Crippen LogP) is 0.589. The van der Waals surface area contributed by atoms with Crippen molar-refractivity contribution in [3.8, 4) is 5.75 Å². The molecule has 1 aromatic rings. The summed E-state index contributed by atoms with van der Waals surface area (Å²) in [6, 6.07) is 3.95. The second-order valence-corrected chi connectivity index (χ2v) is 2.82. The van der Waals surface area contributed by atoms with Gasteiger partial charge in [0.05, 0.1) is 0 Å². The van der Waals surface area contributed by atoms with Crippen molar-refractivity contribution in [1.29, 1.82) is 0 Å². The first-order valence-electron chi connectivity index (χ1n) is 4.04. The van der Waals surface area contributed by atoms with Crippen LogP contribution in [0, 0.1) is 0 Å². The molecule has 0 radical (unpaired) electrons. The van der Waals surface area contributed by atoms with E-state index < -0.39 is 11.9 Å². The standard InChI is InChI=1S/C10H9NO4/c11-9(13)4-2-6-1-3-7(10(14)15)8(12)5-6/h1-5,12H,(H2,11,13)(H,14,15). The highest BCUT2D eigenvalue weighted by Crippen LogP contribution is 2.19. The van der Waals surface area contributed by atoms with Gasteiger partial charge in [-0.05, 0) is 23.8 Å². The zero-order chi connectivity index (χ0) is 11.4. The number of rotatable bonds is 3. The zero-order valence-electron chi connectivity index (χ0n) is 7.68. The maximum Gasteiger partial charge on any atom is 0.339 e. The van der Waals surface area contributed by atoms with E-state index in [1.807, 2.05) is 0 Å². The first-order chi connectivity index (χ1) is 7.00. The monoisotopic (exact) mass is 207 g/mol. The van der Waals surface area contributed by atoms with Crippen molar-refractivity contribution >= 4 is 18.0 Å². The quantitative estimate of drug-likeness (QED) is 0.631. The number of primary amides is 1. The Kier molecular flexibility index (Phi) is 3.07. The molecule has 0 saturated heterocycles. The number of benzene rings is 1. The zero-order valence-corrected chi connectivity index (χ0v) is 7.68. The molecule has 0 aliphatic carbocycles. The van der Waals surface area contributed by atoms with Gasteiger partial charge in [0.1, 0.15) is 11.3 Å². The van der Waals surface area contributed by atoms with Crippen LogP contribution in [0.25, 0.3) is 6.08 Å². The highest BCUT2D eigenvalue weighted by atomic mass is 16.4. The number of hydrogen-bond donors (Lipinski definition) is 3. The summed E-state index contributed by atoms with van der Waals surface area (Å²) in [6.45, 7) is 0. The van der Waals surface area contributed by atoms with Crippen LogP contribution in [0.5, 0.6) is 5.75 Å². The van der Waals surface area contributed by atoms with E-state index in [0.717, 1.165) is 6.08 Å².